The van der Waals surface area contributed by atoms with Crippen molar-refractivity contribution in [3.05, 3.63) is 35.6 Å². The van der Waals surface area contributed by atoms with Crippen LogP contribution in [0.1, 0.15) is 5.56 Å². The van der Waals surface area contributed by atoms with Crippen molar-refractivity contribution in [2.45, 2.75) is 18.7 Å². The molecule has 0 spiro atoms. The SMILES string of the molecule is CN1[C@@H]2CN(Cc3ccccc3F)C[C@@H]2OCCS1(=O)=O. The Hall–Kier alpha value is -1.02. The van der Waals surface area contributed by atoms with E-state index in [0.29, 0.717) is 25.2 Å². The minimum Gasteiger partial charge on any atom is -0.374 e. The summed E-state index contributed by atoms with van der Waals surface area (Å²) in [5.74, 6) is -0.199. The molecule has 116 valence electrons. The normalized spacial score (nSPS) is 30.0. The Kier molecular flexibility index (Phi) is 4.00. The predicted molar refractivity (Wildman–Crippen MR) is 76.8 cm³/mol. The van der Waals surface area contributed by atoms with Crippen LogP contribution in [0.4, 0.5) is 4.39 Å². The van der Waals surface area contributed by atoms with Gasteiger partial charge in [0, 0.05) is 32.2 Å². The first-order valence-corrected chi connectivity index (χ1v) is 8.61. The van der Waals surface area contributed by atoms with Gasteiger partial charge < -0.3 is 4.74 Å². The lowest BCUT2D eigenvalue weighted by atomic mass is 10.2. The van der Waals surface area contributed by atoms with Gasteiger partial charge in [0.1, 0.15) is 5.82 Å². The molecule has 2 heterocycles. The van der Waals surface area contributed by atoms with Crippen molar-refractivity contribution in [2.75, 3.05) is 32.5 Å². The highest BCUT2D eigenvalue weighted by atomic mass is 32.2. The maximum atomic E-state index is 13.7. The van der Waals surface area contributed by atoms with Crippen LogP contribution in [0.25, 0.3) is 0 Å². The molecule has 2 fully saturated rings. The monoisotopic (exact) mass is 314 g/mol. The highest BCUT2D eigenvalue weighted by Gasteiger charge is 2.42. The summed E-state index contributed by atoms with van der Waals surface area (Å²) in [7, 11) is -1.64. The van der Waals surface area contributed by atoms with Gasteiger partial charge in [-0.2, -0.15) is 4.31 Å². The summed E-state index contributed by atoms with van der Waals surface area (Å²) in [5, 5.41) is 0. The molecule has 0 aromatic heterocycles. The van der Waals surface area contributed by atoms with Crippen LogP contribution in [0.2, 0.25) is 0 Å². The Balaban J connectivity index is 1.74. The average Bonchev–Trinajstić information content (AvgIpc) is 2.79. The average molecular weight is 314 g/mol. The summed E-state index contributed by atoms with van der Waals surface area (Å²) >= 11 is 0. The van der Waals surface area contributed by atoms with Crippen LogP contribution in [0.3, 0.4) is 0 Å². The largest absolute Gasteiger partial charge is 0.374 e. The topological polar surface area (TPSA) is 49.9 Å². The molecule has 0 bridgehead atoms. The first-order valence-electron chi connectivity index (χ1n) is 7.00. The zero-order valence-corrected chi connectivity index (χ0v) is 12.7. The van der Waals surface area contributed by atoms with E-state index < -0.39 is 10.0 Å². The third-order valence-electron chi connectivity index (χ3n) is 4.24. The van der Waals surface area contributed by atoms with E-state index in [-0.39, 0.29) is 30.3 Å². The molecule has 21 heavy (non-hydrogen) atoms. The molecular weight excluding hydrogens is 295 g/mol. The molecule has 1 aromatic carbocycles. The fourth-order valence-electron chi connectivity index (χ4n) is 3.00. The van der Waals surface area contributed by atoms with Gasteiger partial charge >= 0.3 is 0 Å². The molecule has 0 aliphatic carbocycles. The number of likely N-dealkylation sites (N-methyl/N-ethyl adjacent to an activating group) is 1. The van der Waals surface area contributed by atoms with Gasteiger partial charge in [0.15, 0.2) is 0 Å². The molecule has 0 unspecified atom stereocenters. The number of hydrogen-bond acceptors (Lipinski definition) is 4. The van der Waals surface area contributed by atoms with E-state index >= 15 is 0 Å². The number of nitrogens with zero attached hydrogens (tertiary/aromatic N) is 2. The zero-order valence-electron chi connectivity index (χ0n) is 11.9. The van der Waals surface area contributed by atoms with Gasteiger partial charge in [0.2, 0.25) is 10.0 Å². The molecule has 2 aliphatic rings. The van der Waals surface area contributed by atoms with Crippen molar-refractivity contribution < 1.29 is 17.5 Å². The third kappa shape index (κ3) is 2.96. The van der Waals surface area contributed by atoms with E-state index in [1.54, 1.807) is 25.2 Å². The Morgan fingerprint density at radius 3 is 2.86 bits per heavy atom. The van der Waals surface area contributed by atoms with Crippen molar-refractivity contribution in [3.8, 4) is 0 Å². The number of benzene rings is 1. The second kappa shape index (κ2) is 5.64. The van der Waals surface area contributed by atoms with Crippen LogP contribution >= 0.6 is 0 Å². The molecule has 0 saturated carbocycles. The van der Waals surface area contributed by atoms with Gasteiger partial charge in [-0.3, -0.25) is 4.90 Å². The Labute approximate surface area is 124 Å². The summed E-state index contributed by atoms with van der Waals surface area (Å²) in [6.45, 7) is 1.88. The second-order valence-corrected chi connectivity index (χ2v) is 7.74. The van der Waals surface area contributed by atoms with Crippen LogP contribution in [-0.4, -0.2) is 62.3 Å². The molecule has 0 N–H and O–H groups in total. The lowest BCUT2D eigenvalue weighted by Gasteiger charge is -2.24. The molecule has 1 aromatic rings. The van der Waals surface area contributed by atoms with E-state index in [0.717, 1.165) is 0 Å². The van der Waals surface area contributed by atoms with Crippen LogP contribution in [-0.2, 0) is 21.3 Å². The first-order chi connectivity index (χ1) is 9.97. The van der Waals surface area contributed by atoms with Crippen molar-refractivity contribution in [1.82, 2.24) is 9.21 Å². The first kappa shape index (κ1) is 14.9. The van der Waals surface area contributed by atoms with Crippen LogP contribution in [0.15, 0.2) is 24.3 Å². The number of rotatable bonds is 2. The predicted octanol–water partition coefficient (Wildman–Crippen LogP) is 0.670. The molecule has 0 radical (unpaired) electrons. The van der Waals surface area contributed by atoms with Crippen molar-refractivity contribution >= 4 is 10.0 Å². The molecule has 2 atom stereocenters. The molecule has 5 nitrogen and oxygen atoms in total. The third-order valence-corrected chi connectivity index (χ3v) is 6.07. The molecule has 3 rings (SSSR count). The minimum atomic E-state index is -3.25. The lowest BCUT2D eigenvalue weighted by Crippen LogP contribution is -2.43. The van der Waals surface area contributed by atoms with Crippen LogP contribution < -0.4 is 0 Å². The Morgan fingerprint density at radius 1 is 1.33 bits per heavy atom. The number of ether oxygens (including phenoxy) is 1. The van der Waals surface area contributed by atoms with E-state index in [1.165, 1.54) is 10.4 Å². The smallest absolute Gasteiger partial charge is 0.216 e. The van der Waals surface area contributed by atoms with E-state index in [9.17, 15) is 12.8 Å². The van der Waals surface area contributed by atoms with Gasteiger partial charge in [0.25, 0.3) is 0 Å². The van der Waals surface area contributed by atoms with Gasteiger partial charge in [-0.15, -0.1) is 0 Å². The van der Waals surface area contributed by atoms with E-state index in [1.807, 2.05) is 4.90 Å². The van der Waals surface area contributed by atoms with Crippen LogP contribution in [0, 0.1) is 5.82 Å². The van der Waals surface area contributed by atoms with Gasteiger partial charge in [0.05, 0.1) is 24.5 Å². The quantitative estimate of drug-likeness (QED) is 0.805. The van der Waals surface area contributed by atoms with Crippen molar-refractivity contribution in [3.63, 3.8) is 0 Å². The fraction of sp³-hybridized carbons (Fsp3) is 0.571. The lowest BCUT2D eigenvalue weighted by molar-refractivity contribution is 0.0500. The summed E-state index contributed by atoms with van der Waals surface area (Å²) in [5.41, 5.74) is 0.625. The summed E-state index contributed by atoms with van der Waals surface area (Å²) < 4.78 is 44.9. The molecular formula is C14H19FN2O3S. The molecule has 0 amide bonds. The minimum absolute atomic E-state index is 0.0316. The summed E-state index contributed by atoms with van der Waals surface area (Å²) in [6, 6.07) is 6.47. The Bertz CT molecular complexity index is 622. The Morgan fingerprint density at radius 2 is 2.10 bits per heavy atom. The molecule has 2 saturated heterocycles. The number of hydrogen-bond donors (Lipinski definition) is 0. The molecule has 2 aliphatic heterocycles. The van der Waals surface area contributed by atoms with Gasteiger partial charge in [-0.1, -0.05) is 18.2 Å². The summed E-state index contributed by atoms with van der Waals surface area (Å²) in [4.78, 5) is 2.05. The van der Waals surface area contributed by atoms with Crippen molar-refractivity contribution in [2.24, 2.45) is 0 Å². The maximum absolute atomic E-state index is 13.7. The maximum Gasteiger partial charge on any atom is 0.216 e. The standard InChI is InChI=1S/C14H19FN2O3S/c1-16-13-9-17(8-11-4-2-3-5-12(11)15)10-14(13)20-6-7-21(16,18)19/h2-5,13-14H,6-10H2,1H3/t13-,14+/m1/s1. The number of halogens is 1. The highest BCUT2D eigenvalue weighted by Crippen LogP contribution is 2.25. The zero-order chi connectivity index (χ0) is 15.0. The highest BCUT2D eigenvalue weighted by molar-refractivity contribution is 7.89. The van der Waals surface area contributed by atoms with E-state index in [4.69, 9.17) is 4.74 Å². The molecule has 7 heteroatoms. The van der Waals surface area contributed by atoms with Gasteiger partial charge in [-0.25, -0.2) is 12.8 Å². The number of fused-ring (bicyclic) bond motifs is 1. The number of sulfonamides is 1. The number of likely N-dealkylation sites (tertiary alicyclic amines) is 1. The van der Waals surface area contributed by atoms with Crippen LogP contribution in [0.5, 0.6) is 0 Å². The summed E-state index contributed by atoms with van der Waals surface area (Å²) in [6.07, 6.45) is -0.140. The van der Waals surface area contributed by atoms with Gasteiger partial charge in [-0.05, 0) is 6.07 Å². The van der Waals surface area contributed by atoms with E-state index in [2.05, 4.69) is 0 Å². The van der Waals surface area contributed by atoms with Crippen molar-refractivity contribution in [1.29, 1.82) is 0 Å². The second-order valence-electron chi connectivity index (χ2n) is 5.59. The fourth-order valence-corrected chi connectivity index (χ4v) is 4.21.